The number of phenols is 1. The van der Waals surface area contributed by atoms with Crippen LogP contribution < -0.4 is 9.47 Å². The molecule has 2 atom stereocenters. The Morgan fingerprint density at radius 2 is 1.77 bits per heavy atom. The first-order valence-electron chi connectivity index (χ1n) is 9.78. The third-order valence-electron chi connectivity index (χ3n) is 5.06. The second kappa shape index (κ2) is 9.98. The third kappa shape index (κ3) is 5.87. The average Bonchev–Trinajstić information content (AvgIpc) is 2.74. The second-order valence-corrected chi connectivity index (χ2v) is 7.30. The number of aromatic hydroxyl groups is 1. The highest BCUT2D eigenvalue weighted by Crippen LogP contribution is 2.32. The molecule has 1 saturated heterocycles. The highest BCUT2D eigenvalue weighted by molar-refractivity contribution is 6.27. The smallest absolute Gasteiger partial charge is 0.414 e. The fraction of sp³-hybridized carbons (Fsp3) is 0.364. The zero-order valence-electron chi connectivity index (χ0n) is 16.4. The minimum atomic E-state index is -1.82. The van der Waals surface area contributed by atoms with Crippen molar-refractivity contribution in [3.05, 3.63) is 54.1 Å². The maximum absolute atomic E-state index is 9.71. The molecule has 3 N–H and O–H groups in total. The van der Waals surface area contributed by atoms with E-state index in [2.05, 4.69) is 11.0 Å². The lowest BCUT2D eigenvalue weighted by molar-refractivity contribution is -0.159. The molecule has 0 amide bonds. The predicted octanol–water partition coefficient (Wildman–Crippen LogP) is 2.57. The number of hydrogen-bond donors (Lipinski definition) is 3. The molecule has 0 bridgehead atoms. The Hall–Kier alpha value is -3.26. The summed E-state index contributed by atoms with van der Waals surface area (Å²) in [5.41, 5.74) is 1.23. The van der Waals surface area contributed by atoms with Crippen molar-refractivity contribution in [2.24, 2.45) is 0 Å². The third-order valence-corrected chi connectivity index (χ3v) is 5.06. The largest absolute Gasteiger partial charge is 0.508 e. The normalized spacial score (nSPS) is 20.5. The molecule has 0 aliphatic carbocycles. The summed E-state index contributed by atoms with van der Waals surface area (Å²) in [7, 11) is 0. The number of piperidine rings is 1. The van der Waals surface area contributed by atoms with Gasteiger partial charge in [0.25, 0.3) is 0 Å². The first kappa shape index (κ1) is 21.4. The molecular formula is C22H25NO7. The van der Waals surface area contributed by atoms with Gasteiger partial charge in [0.05, 0.1) is 0 Å². The number of para-hydroxylation sites is 2. The van der Waals surface area contributed by atoms with Gasteiger partial charge in [-0.1, -0.05) is 24.3 Å². The zero-order valence-corrected chi connectivity index (χ0v) is 16.4. The van der Waals surface area contributed by atoms with Crippen LogP contribution in [0.2, 0.25) is 0 Å². The van der Waals surface area contributed by atoms with Crippen molar-refractivity contribution >= 4 is 11.9 Å². The molecule has 160 valence electrons. The van der Waals surface area contributed by atoms with Crippen molar-refractivity contribution in [3.8, 4) is 17.2 Å². The molecule has 0 saturated carbocycles. The molecule has 2 aliphatic rings. The Morgan fingerprint density at radius 1 is 1.03 bits per heavy atom. The maximum Gasteiger partial charge on any atom is 0.414 e. The van der Waals surface area contributed by atoms with Gasteiger partial charge in [-0.25, -0.2) is 9.59 Å². The molecule has 0 radical (unpaired) electrons. The Morgan fingerprint density at radius 3 is 2.47 bits per heavy atom. The van der Waals surface area contributed by atoms with E-state index in [0.717, 1.165) is 31.1 Å². The summed E-state index contributed by atoms with van der Waals surface area (Å²) in [6, 6.07) is 15.5. The number of rotatable bonds is 3. The molecule has 8 heteroatoms. The summed E-state index contributed by atoms with van der Waals surface area (Å²) in [6.07, 6.45) is 2.41. The van der Waals surface area contributed by atoms with Crippen LogP contribution in [0.4, 0.5) is 0 Å². The molecule has 2 unspecified atom stereocenters. The molecule has 30 heavy (non-hydrogen) atoms. The van der Waals surface area contributed by atoms with Crippen LogP contribution in [0.1, 0.15) is 24.3 Å². The van der Waals surface area contributed by atoms with E-state index in [0.29, 0.717) is 18.3 Å². The Kier molecular flexibility index (Phi) is 7.13. The second-order valence-electron chi connectivity index (χ2n) is 7.30. The van der Waals surface area contributed by atoms with Crippen molar-refractivity contribution in [2.75, 3.05) is 26.2 Å². The number of phenolic OH excluding ortho intramolecular Hbond substituents is 1. The first-order chi connectivity index (χ1) is 14.4. The monoisotopic (exact) mass is 415 g/mol. The number of hydrogen-bond acceptors (Lipinski definition) is 6. The van der Waals surface area contributed by atoms with Crippen LogP contribution in [0.15, 0.2) is 48.5 Å². The molecule has 2 aliphatic heterocycles. The molecule has 2 heterocycles. The number of likely N-dealkylation sites (tertiary alicyclic amines) is 1. The predicted molar refractivity (Wildman–Crippen MR) is 108 cm³/mol. The molecule has 4 rings (SSSR count). The first-order valence-corrected chi connectivity index (χ1v) is 9.78. The van der Waals surface area contributed by atoms with Gasteiger partial charge in [-0.15, -0.1) is 0 Å². The van der Waals surface area contributed by atoms with E-state index < -0.39 is 11.9 Å². The summed E-state index contributed by atoms with van der Waals surface area (Å²) in [4.78, 5) is 20.7. The fourth-order valence-corrected chi connectivity index (χ4v) is 3.71. The number of carboxylic acids is 2. The number of carboxylic acid groups (broad SMARTS) is 2. The van der Waals surface area contributed by atoms with Gasteiger partial charge in [0.15, 0.2) is 11.5 Å². The van der Waals surface area contributed by atoms with Gasteiger partial charge >= 0.3 is 11.9 Å². The van der Waals surface area contributed by atoms with E-state index in [4.69, 9.17) is 29.3 Å². The maximum atomic E-state index is 9.71. The van der Waals surface area contributed by atoms with E-state index in [-0.39, 0.29) is 6.10 Å². The number of benzene rings is 2. The van der Waals surface area contributed by atoms with Crippen LogP contribution in [0, 0.1) is 0 Å². The number of carbonyl (C=O) groups is 2. The Labute approximate surface area is 174 Å². The van der Waals surface area contributed by atoms with Gasteiger partial charge in [0.1, 0.15) is 18.5 Å². The van der Waals surface area contributed by atoms with E-state index in [1.807, 2.05) is 36.4 Å². The highest BCUT2D eigenvalue weighted by Gasteiger charge is 2.27. The van der Waals surface area contributed by atoms with Gasteiger partial charge in [-0.3, -0.25) is 4.90 Å². The summed E-state index contributed by atoms with van der Waals surface area (Å²) < 4.78 is 11.9. The van der Waals surface area contributed by atoms with E-state index in [1.165, 1.54) is 18.4 Å². The van der Waals surface area contributed by atoms with Crippen LogP contribution in [0.25, 0.3) is 0 Å². The van der Waals surface area contributed by atoms with Crippen LogP contribution >= 0.6 is 0 Å². The standard InChI is InChI=1S/C20H23NO3.C2H2O4/c22-17-7-3-5-15(11-17)16-6-4-10-21(12-16)13-18-14-23-19-8-1-2-9-20(19)24-18;3-1(4)2(5)6/h1-3,5,7-9,11,16,18,22H,4,6,10,12-14H2;(H,3,4)(H,5,6). The SMILES string of the molecule is O=C(O)C(=O)O.Oc1cccc(C2CCCN(CC3COc4ccccc4O3)C2)c1. The minimum Gasteiger partial charge on any atom is -0.508 e. The molecule has 0 aromatic heterocycles. The lowest BCUT2D eigenvalue weighted by atomic mass is 9.90. The number of ether oxygens (including phenoxy) is 2. The van der Waals surface area contributed by atoms with E-state index in [9.17, 15) is 5.11 Å². The lowest BCUT2D eigenvalue weighted by Gasteiger charge is -2.36. The van der Waals surface area contributed by atoms with E-state index in [1.54, 1.807) is 6.07 Å². The van der Waals surface area contributed by atoms with Crippen LogP contribution in [0.3, 0.4) is 0 Å². The summed E-state index contributed by atoms with van der Waals surface area (Å²) in [5.74, 6) is -1.14. The fourth-order valence-electron chi connectivity index (χ4n) is 3.71. The summed E-state index contributed by atoms with van der Waals surface area (Å²) >= 11 is 0. The Bertz CT molecular complexity index is 873. The number of aliphatic carboxylic acids is 2. The average molecular weight is 415 g/mol. The van der Waals surface area contributed by atoms with Crippen molar-refractivity contribution in [1.82, 2.24) is 4.90 Å². The zero-order chi connectivity index (χ0) is 21.5. The van der Waals surface area contributed by atoms with Crippen LogP contribution in [0.5, 0.6) is 17.2 Å². The highest BCUT2D eigenvalue weighted by atomic mass is 16.6. The molecular weight excluding hydrogens is 390 g/mol. The number of nitrogens with zero attached hydrogens (tertiary/aromatic N) is 1. The van der Waals surface area contributed by atoms with Crippen molar-refractivity contribution in [3.63, 3.8) is 0 Å². The Balaban J connectivity index is 0.000000377. The molecule has 2 aromatic rings. The van der Waals surface area contributed by atoms with Crippen molar-refractivity contribution in [2.45, 2.75) is 24.9 Å². The molecule has 1 fully saturated rings. The topological polar surface area (TPSA) is 117 Å². The quantitative estimate of drug-likeness (QED) is 0.655. The lowest BCUT2D eigenvalue weighted by Crippen LogP contribution is -2.44. The van der Waals surface area contributed by atoms with Gasteiger partial charge in [-0.2, -0.15) is 0 Å². The van der Waals surface area contributed by atoms with Crippen molar-refractivity contribution in [1.29, 1.82) is 0 Å². The van der Waals surface area contributed by atoms with Gasteiger partial charge in [0.2, 0.25) is 0 Å². The van der Waals surface area contributed by atoms with Crippen molar-refractivity contribution < 1.29 is 34.4 Å². The van der Waals surface area contributed by atoms with E-state index >= 15 is 0 Å². The summed E-state index contributed by atoms with van der Waals surface area (Å²) in [6.45, 7) is 3.58. The number of fused-ring (bicyclic) bond motifs is 1. The van der Waals surface area contributed by atoms with Crippen LogP contribution in [-0.2, 0) is 9.59 Å². The summed E-state index contributed by atoms with van der Waals surface area (Å²) in [5, 5.41) is 24.5. The van der Waals surface area contributed by atoms with Crippen LogP contribution in [-0.4, -0.2) is 64.5 Å². The molecule has 8 nitrogen and oxygen atoms in total. The minimum absolute atomic E-state index is 0.0721. The molecule has 2 aromatic carbocycles. The van der Waals surface area contributed by atoms with Gasteiger partial charge in [-0.05, 0) is 55.1 Å². The van der Waals surface area contributed by atoms with Gasteiger partial charge in [0, 0.05) is 13.1 Å². The molecule has 0 spiro atoms. The van der Waals surface area contributed by atoms with Gasteiger partial charge < -0.3 is 24.8 Å².